The molecule has 0 saturated carbocycles. The molecule has 0 spiro atoms. The minimum Gasteiger partial charge on any atom is -0.384 e. The van der Waals surface area contributed by atoms with Gasteiger partial charge in [0.25, 0.3) is 0 Å². The van der Waals surface area contributed by atoms with Crippen LogP contribution in [0.1, 0.15) is 13.3 Å². The normalized spacial score (nSPS) is 12.2. The molecule has 0 aromatic carbocycles. The van der Waals surface area contributed by atoms with Crippen LogP contribution in [-0.4, -0.2) is 24.6 Å². The maximum atomic E-state index is 11.6. The maximum absolute atomic E-state index is 11.6. The number of methoxy groups -OCH3 is 1. The van der Waals surface area contributed by atoms with Crippen molar-refractivity contribution in [1.29, 1.82) is 0 Å². The molecule has 0 aliphatic rings. The number of amides is 1. The first-order chi connectivity index (χ1) is 7.63. The van der Waals surface area contributed by atoms with E-state index in [1.807, 2.05) is 6.92 Å². The summed E-state index contributed by atoms with van der Waals surface area (Å²) >= 11 is 5.86. The fourth-order valence-electron chi connectivity index (χ4n) is 1.32. The molecule has 5 heteroatoms. The Balaban J connectivity index is 2.49. The number of carbonyl (C=O) groups excluding carboxylic acids is 1. The highest BCUT2D eigenvalue weighted by Gasteiger charge is 2.10. The van der Waals surface area contributed by atoms with Gasteiger partial charge < -0.3 is 10.1 Å². The molecular formula is C11H15ClN2O2. The summed E-state index contributed by atoms with van der Waals surface area (Å²) in [5.41, 5.74) is 0. The Kier molecular flexibility index (Phi) is 5.22. The molecule has 1 N–H and O–H groups in total. The van der Waals surface area contributed by atoms with Gasteiger partial charge in [-0.3, -0.25) is 4.79 Å². The van der Waals surface area contributed by atoms with Crippen LogP contribution in [0.25, 0.3) is 0 Å². The molecule has 0 fully saturated rings. The smallest absolute Gasteiger partial charge is 0.225 e. The van der Waals surface area contributed by atoms with Crippen LogP contribution in [0.4, 0.5) is 5.82 Å². The Labute approximate surface area is 100.0 Å². The highest BCUT2D eigenvalue weighted by molar-refractivity contribution is 6.33. The Morgan fingerprint density at radius 3 is 3.06 bits per heavy atom. The minimum atomic E-state index is -0.106. The lowest BCUT2D eigenvalue weighted by Gasteiger charge is -2.10. The van der Waals surface area contributed by atoms with Crippen molar-refractivity contribution >= 4 is 23.3 Å². The number of aromatic nitrogens is 1. The first-order valence-corrected chi connectivity index (χ1v) is 5.40. The number of nitrogens with zero attached hydrogens (tertiary/aromatic N) is 1. The second kappa shape index (κ2) is 6.45. The van der Waals surface area contributed by atoms with Gasteiger partial charge in [0.05, 0.1) is 5.02 Å². The van der Waals surface area contributed by atoms with Gasteiger partial charge in [-0.15, -0.1) is 0 Å². The van der Waals surface area contributed by atoms with E-state index >= 15 is 0 Å². The van der Waals surface area contributed by atoms with Crippen molar-refractivity contribution in [3.63, 3.8) is 0 Å². The molecule has 1 aromatic rings. The summed E-state index contributed by atoms with van der Waals surface area (Å²) in [7, 11) is 1.62. The molecule has 0 aliphatic heterocycles. The van der Waals surface area contributed by atoms with Crippen molar-refractivity contribution in [2.75, 3.05) is 19.0 Å². The van der Waals surface area contributed by atoms with Crippen molar-refractivity contribution in [2.24, 2.45) is 5.92 Å². The van der Waals surface area contributed by atoms with Gasteiger partial charge in [-0.05, 0) is 18.1 Å². The van der Waals surface area contributed by atoms with Gasteiger partial charge in [0.2, 0.25) is 5.91 Å². The number of rotatable bonds is 5. The third kappa shape index (κ3) is 4.16. The van der Waals surface area contributed by atoms with Gasteiger partial charge in [0.1, 0.15) is 0 Å². The molecule has 1 unspecified atom stereocenters. The average molecular weight is 243 g/mol. The molecule has 0 aliphatic carbocycles. The quantitative estimate of drug-likeness (QED) is 0.862. The number of hydrogen-bond acceptors (Lipinski definition) is 3. The molecule has 1 amide bonds. The van der Waals surface area contributed by atoms with Gasteiger partial charge in [-0.1, -0.05) is 18.5 Å². The lowest BCUT2D eigenvalue weighted by molar-refractivity contribution is -0.117. The van der Waals surface area contributed by atoms with Crippen LogP contribution in [0.15, 0.2) is 18.3 Å². The lowest BCUT2D eigenvalue weighted by Crippen LogP contribution is -2.18. The SMILES string of the molecule is COCC(C)CC(=O)Nc1ncccc1Cl. The second-order valence-corrected chi connectivity index (χ2v) is 4.05. The Morgan fingerprint density at radius 1 is 1.69 bits per heavy atom. The molecule has 0 bridgehead atoms. The topological polar surface area (TPSA) is 51.2 Å². The lowest BCUT2D eigenvalue weighted by atomic mass is 10.1. The standard InChI is InChI=1S/C11H15ClN2O2/c1-8(7-16-2)6-10(15)14-11-9(12)4-3-5-13-11/h3-5,8H,6-7H2,1-2H3,(H,13,14,15). The number of ether oxygens (including phenoxy) is 1. The van der Waals surface area contributed by atoms with E-state index in [9.17, 15) is 4.79 Å². The second-order valence-electron chi connectivity index (χ2n) is 3.65. The van der Waals surface area contributed by atoms with Gasteiger partial charge >= 0.3 is 0 Å². The molecule has 1 aromatic heterocycles. The van der Waals surface area contributed by atoms with Crippen LogP contribution in [0.2, 0.25) is 5.02 Å². The molecule has 4 nitrogen and oxygen atoms in total. The monoisotopic (exact) mass is 242 g/mol. The van der Waals surface area contributed by atoms with Gasteiger partial charge in [-0.2, -0.15) is 0 Å². The van der Waals surface area contributed by atoms with Crippen molar-refractivity contribution in [1.82, 2.24) is 4.98 Å². The number of nitrogens with one attached hydrogen (secondary N) is 1. The van der Waals surface area contributed by atoms with E-state index in [0.29, 0.717) is 23.9 Å². The summed E-state index contributed by atoms with van der Waals surface area (Å²) in [6, 6.07) is 3.40. The highest BCUT2D eigenvalue weighted by atomic mass is 35.5. The Bertz CT molecular complexity index is 358. The van der Waals surface area contributed by atoms with E-state index < -0.39 is 0 Å². The van der Waals surface area contributed by atoms with Crippen molar-refractivity contribution < 1.29 is 9.53 Å². The Hall–Kier alpha value is -1.13. The zero-order valence-corrected chi connectivity index (χ0v) is 10.1. The summed E-state index contributed by atoms with van der Waals surface area (Å²) in [6.45, 7) is 2.51. The number of pyridine rings is 1. The van der Waals surface area contributed by atoms with Gasteiger partial charge in [-0.25, -0.2) is 4.98 Å². The minimum absolute atomic E-state index is 0.106. The fraction of sp³-hybridized carbons (Fsp3) is 0.455. The largest absolute Gasteiger partial charge is 0.384 e. The van der Waals surface area contributed by atoms with Gasteiger partial charge in [0.15, 0.2) is 5.82 Å². The number of anilines is 1. The number of halogens is 1. The molecule has 1 atom stereocenters. The predicted molar refractivity (Wildman–Crippen MR) is 63.5 cm³/mol. The molecule has 16 heavy (non-hydrogen) atoms. The van der Waals surface area contributed by atoms with E-state index in [1.54, 1.807) is 25.4 Å². The van der Waals surface area contributed by atoms with Crippen LogP contribution in [0, 0.1) is 5.92 Å². The molecule has 1 heterocycles. The molecule has 1 rings (SSSR count). The molecular weight excluding hydrogens is 228 g/mol. The fourth-order valence-corrected chi connectivity index (χ4v) is 1.49. The number of carbonyl (C=O) groups is 1. The first-order valence-electron chi connectivity index (χ1n) is 5.02. The summed E-state index contributed by atoms with van der Waals surface area (Å²) in [4.78, 5) is 15.6. The summed E-state index contributed by atoms with van der Waals surface area (Å²) in [5, 5.41) is 3.10. The van der Waals surface area contributed by atoms with Crippen LogP contribution in [0.5, 0.6) is 0 Å². The summed E-state index contributed by atoms with van der Waals surface area (Å²) in [6.07, 6.45) is 1.97. The van der Waals surface area contributed by atoms with E-state index in [4.69, 9.17) is 16.3 Å². The third-order valence-corrected chi connectivity index (χ3v) is 2.31. The third-order valence-electron chi connectivity index (χ3n) is 2.00. The average Bonchev–Trinajstić information content (AvgIpc) is 2.21. The van der Waals surface area contributed by atoms with Crippen molar-refractivity contribution in [2.45, 2.75) is 13.3 Å². The Morgan fingerprint density at radius 2 is 2.44 bits per heavy atom. The van der Waals surface area contributed by atoms with E-state index in [-0.39, 0.29) is 11.8 Å². The molecule has 0 saturated heterocycles. The van der Waals surface area contributed by atoms with Crippen LogP contribution >= 0.6 is 11.6 Å². The number of hydrogen-bond donors (Lipinski definition) is 1. The van der Waals surface area contributed by atoms with Crippen molar-refractivity contribution in [3.05, 3.63) is 23.4 Å². The van der Waals surface area contributed by atoms with E-state index in [2.05, 4.69) is 10.3 Å². The highest BCUT2D eigenvalue weighted by Crippen LogP contribution is 2.17. The zero-order chi connectivity index (χ0) is 12.0. The van der Waals surface area contributed by atoms with Gasteiger partial charge in [0, 0.05) is 26.3 Å². The zero-order valence-electron chi connectivity index (χ0n) is 9.37. The summed E-state index contributed by atoms with van der Waals surface area (Å²) < 4.78 is 4.96. The molecule has 0 radical (unpaired) electrons. The summed E-state index contributed by atoms with van der Waals surface area (Å²) in [5.74, 6) is 0.469. The van der Waals surface area contributed by atoms with Crippen LogP contribution in [-0.2, 0) is 9.53 Å². The molecule has 88 valence electrons. The van der Waals surface area contributed by atoms with Crippen LogP contribution in [0.3, 0.4) is 0 Å². The first kappa shape index (κ1) is 12.9. The van der Waals surface area contributed by atoms with E-state index in [1.165, 1.54) is 0 Å². The predicted octanol–water partition coefficient (Wildman–Crippen LogP) is 2.35. The van der Waals surface area contributed by atoms with Crippen LogP contribution < -0.4 is 5.32 Å². The van der Waals surface area contributed by atoms with E-state index in [0.717, 1.165) is 0 Å². The maximum Gasteiger partial charge on any atom is 0.225 e. The van der Waals surface area contributed by atoms with Crippen molar-refractivity contribution in [3.8, 4) is 0 Å².